The third-order valence-electron chi connectivity index (χ3n) is 13.9. The standard InChI is InChI=1S/C48H62Si2/c1-10-11-30-49(8,9)44-33-45(41-25-19-18-24-40(41)44)50(36-20-14-12-15-21-36,37-22-16-13-17-23-37)46-42-31-34(47(2,3)4)26-28-38(42)39-29-27-35(32-43(39)46)48(5,6)7/h10,12-29,31-32,38-46H,1,11,30,33H2,2-9H3. The Kier molecular flexibility index (Phi) is 9.38. The molecule has 8 atom stereocenters. The van der Waals surface area contributed by atoms with Gasteiger partial charge in [0.2, 0.25) is 0 Å². The highest BCUT2D eigenvalue weighted by Crippen LogP contribution is 2.67. The third kappa shape index (κ3) is 5.97. The van der Waals surface area contributed by atoms with Gasteiger partial charge >= 0.3 is 0 Å². The molecule has 0 radical (unpaired) electrons. The first kappa shape index (κ1) is 35.5. The van der Waals surface area contributed by atoms with E-state index >= 15 is 0 Å². The highest BCUT2D eigenvalue weighted by Gasteiger charge is 2.65. The molecule has 5 aliphatic rings. The smallest absolute Gasteiger partial charge is 0.103 e. The van der Waals surface area contributed by atoms with Gasteiger partial charge in [0.15, 0.2) is 0 Å². The quantitative estimate of drug-likeness (QED) is 0.191. The first-order valence-electron chi connectivity index (χ1n) is 19.7. The van der Waals surface area contributed by atoms with Crippen LogP contribution in [-0.2, 0) is 0 Å². The van der Waals surface area contributed by atoms with Crippen molar-refractivity contribution in [1.82, 2.24) is 0 Å². The van der Waals surface area contributed by atoms with Crippen molar-refractivity contribution in [3.63, 3.8) is 0 Å². The fourth-order valence-corrected chi connectivity index (χ4v) is 22.6. The lowest BCUT2D eigenvalue weighted by molar-refractivity contribution is 0.433. The normalized spacial score (nSPS) is 31.9. The van der Waals surface area contributed by atoms with E-state index in [1.54, 1.807) is 10.4 Å². The molecule has 2 fully saturated rings. The highest BCUT2D eigenvalue weighted by atomic mass is 28.3. The molecule has 0 saturated heterocycles. The van der Waals surface area contributed by atoms with Gasteiger partial charge in [-0.1, -0.05) is 205 Å². The van der Waals surface area contributed by atoms with Crippen LogP contribution in [0.25, 0.3) is 0 Å². The summed E-state index contributed by atoms with van der Waals surface area (Å²) in [6.07, 6.45) is 30.7. The lowest BCUT2D eigenvalue weighted by Crippen LogP contribution is -2.67. The lowest BCUT2D eigenvalue weighted by atomic mass is 9.74. The maximum Gasteiger partial charge on any atom is 0.125 e. The minimum atomic E-state index is -2.58. The lowest BCUT2D eigenvalue weighted by Gasteiger charge is -2.50. The van der Waals surface area contributed by atoms with E-state index < -0.39 is 16.1 Å². The van der Waals surface area contributed by atoms with Crippen LogP contribution in [0.5, 0.6) is 0 Å². The molecule has 0 heterocycles. The zero-order valence-electron chi connectivity index (χ0n) is 32.1. The Bertz CT molecular complexity index is 1640. The Morgan fingerprint density at radius 2 is 1.08 bits per heavy atom. The van der Waals surface area contributed by atoms with Crippen LogP contribution in [0.15, 0.2) is 145 Å². The molecule has 7 rings (SSSR count). The van der Waals surface area contributed by atoms with Crippen LogP contribution in [0, 0.1) is 46.3 Å². The van der Waals surface area contributed by atoms with Crippen LogP contribution >= 0.6 is 0 Å². The van der Waals surface area contributed by atoms with Crippen molar-refractivity contribution in [3.05, 3.63) is 145 Å². The predicted molar refractivity (Wildman–Crippen MR) is 223 cm³/mol. The van der Waals surface area contributed by atoms with Crippen molar-refractivity contribution in [2.45, 2.75) is 90.1 Å². The summed E-state index contributed by atoms with van der Waals surface area (Å²) in [4.78, 5) is 0. The summed E-state index contributed by atoms with van der Waals surface area (Å²) in [5.41, 5.74) is 5.23. The van der Waals surface area contributed by atoms with Gasteiger partial charge < -0.3 is 0 Å². The van der Waals surface area contributed by atoms with Crippen LogP contribution in [0.3, 0.4) is 0 Å². The number of rotatable bonds is 8. The van der Waals surface area contributed by atoms with Gasteiger partial charge in [0.25, 0.3) is 0 Å². The van der Waals surface area contributed by atoms with Crippen LogP contribution in [0.4, 0.5) is 0 Å². The second-order valence-corrected chi connectivity index (χ2v) is 28.6. The van der Waals surface area contributed by atoms with Gasteiger partial charge in [0.05, 0.1) is 8.07 Å². The fraction of sp³-hybridized carbons (Fsp3) is 0.458. The van der Waals surface area contributed by atoms with Gasteiger partial charge in [0, 0.05) is 0 Å². The number of benzene rings is 2. The highest BCUT2D eigenvalue weighted by molar-refractivity contribution is 7.04. The van der Waals surface area contributed by atoms with Crippen molar-refractivity contribution in [2.75, 3.05) is 0 Å². The second-order valence-electron chi connectivity index (χ2n) is 19.1. The predicted octanol–water partition coefficient (Wildman–Crippen LogP) is 12.0. The molecule has 0 aromatic heterocycles. The minimum absolute atomic E-state index is 0.118. The summed E-state index contributed by atoms with van der Waals surface area (Å²) in [7, 11) is -4.16. The van der Waals surface area contributed by atoms with Gasteiger partial charge in [-0.15, -0.1) is 6.58 Å². The Labute approximate surface area is 307 Å². The molecule has 8 unspecified atom stereocenters. The molecule has 2 saturated carbocycles. The maximum atomic E-state index is 4.16. The first-order valence-corrected chi connectivity index (χ1v) is 25.1. The molecule has 262 valence electrons. The molecule has 0 bridgehead atoms. The molecule has 2 aromatic rings. The number of allylic oxidation sites excluding steroid dienone is 13. The average molecular weight is 695 g/mol. The van der Waals surface area contributed by atoms with Crippen molar-refractivity contribution in [2.24, 2.45) is 46.3 Å². The zero-order chi connectivity index (χ0) is 35.5. The molecule has 50 heavy (non-hydrogen) atoms. The molecule has 0 aliphatic heterocycles. The van der Waals surface area contributed by atoms with E-state index in [0.717, 1.165) is 12.0 Å². The topological polar surface area (TPSA) is 0 Å². The number of fused-ring (bicyclic) bond motifs is 4. The molecule has 0 spiro atoms. The Balaban J connectivity index is 1.54. The van der Waals surface area contributed by atoms with E-state index in [-0.39, 0.29) is 10.8 Å². The van der Waals surface area contributed by atoms with Gasteiger partial charge in [-0.3, -0.25) is 0 Å². The van der Waals surface area contributed by atoms with Crippen LogP contribution in [0.2, 0.25) is 35.8 Å². The van der Waals surface area contributed by atoms with E-state index in [0.29, 0.717) is 46.6 Å². The van der Waals surface area contributed by atoms with E-state index in [9.17, 15) is 0 Å². The third-order valence-corrected chi connectivity index (χ3v) is 24.3. The molecule has 0 amide bonds. The average Bonchev–Trinajstić information content (AvgIpc) is 3.65. The molecule has 5 aliphatic carbocycles. The molecular formula is C48H62Si2. The van der Waals surface area contributed by atoms with Crippen molar-refractivity contribution in [3.8, 4) is 0 Å². The van der Waals surface area contributed by atoms with E-state index in [4.69, 9.17) is 0 Å². The summed E-state index contributed by atoms with van der Waals surface area (Å²) in [6.45, 7) is 24.1. The minimum Gasteiger partial charge on any atom is -0.103 e. The zero-order valence-corrected chi connectivity index (χ0v) is 34.1. The van der Waals surface area contributed by atoms with Gasteiger partial charge in [-0.05, 0) is 80.5 Å². The van der Waals surface area contributed by atoms with Crippen molar-refractivity contribution in [1.29, 1.82) is 0 Å². The molecule has 2 heteroatoms. The fourth-order valence-electron chi connectivity index (χ4n) is 11.4. The Morgan fingerprint density at radius 1 is 0.620 bits per heavy atom. The number of hydrogen-bond donors (Lipinski definition) is 0. The van der Waals surface area contributed by atoms with Crippen LogP contribution in [0.1, 0.15) is 54.4 Å². The Morgan fingerprint density at radius 3 is 1.52 bits per heavy atom. The van der Waals surface area contributed by atoms with E-state index in [1.165, 1.54) is 23.6 Å². The summed E-state index contributed by atoms with van der Waals surface area (Å²) < 4.78 is 0. The molecular weight excluding hydrogens is 633 g/mol. The van der Waals surface area contributed by atoms with Crippen LogP contribution < -0.4 is 10.4 Å². The van der Waals surface area contributed by atoms with Gasteiger partial charge in [-0.2, -0.15) is 0 Å². The molecule has 0 N–H and O–H groups in total. The van der Waals surface area contributed by atoms with E-state index in [2.05, 4.69) is 189 Å². The second kappa shape index (κ2) is 13.2. The number of hydrogen-bond acceptors (Lipinski definition) is 0. The summed E-state index contributed by atoms with van der Waals surface area (Å²) in [5, 5.41) is 3.32. The van der Waals surface area contributed by atoms with Crippen LogP contribution in [-0.4, -0.2) is 16.1 Å². The summed E-state index contributed by atoms with van der Waals surface area (Å²) in [5.74, 6) is 3.25. The molecule has 0 nitrogen and oxygen atoms in total. The molecule has 2 aromatic carbocycles. The summed E-state index contributed by atoms with van der Waals surface area (Å²) in [6, 6.07) is 25.6. The maximum absolute atomic E-state index is 4.16. The van der Waals surface area contributed by atoms with Crippen molar-refractivity contribution >= 4 is 26.5 Å². The Hall–Kier alpha value is -2.95. The monoisotopic (exact) mass is 694 g/mol. The van der Waals surface area contributed by atoms with E-state index in [1.807, 2.05) is 0 Å². The van der Waals surface area contributed by atoms with Gasteiger partial charge in [0.1, 0.15) is 8.07 Å². The summed E-state index contributed by atoms with van der Waals surface area (Å²) >= 11 is 0. The van der Waals surface area contributed by atoms with Gasteiger partial charge in [-0.25, -0.2) is 0 Å². The first-order chi connectivity index (χ1) is 23.8. The SMILES string of the molecule is C=CCC[Si](C)(C)C1CC([Si](c2ccccc2)(c2ccccc2)C2C3C=C(C(C)(C)C)C=CC3C3C=CC(C(C)(C)C)=CC32)C2C=CC=CC21. The van der Waals surface area contributed by atoms with Crippen molar-refractivity contribution < 1.29 is 0 Å². The largest absolute Gasteiger partial charge is 0.125 e.